The molecular formula is C42H25FS2. The standard InChI is InChI=1S/C42H25FS2/c43-38-23-29(26-7-5-8-27(21-26)30-16-19-36-34-11-1-3-13-39(34)44-41(36)24-30)15-18-33(38)32-10-6-9-28(22-32)31-17-20-37-35-12-2-4-14-40(35)45-42(37)25-31/h1-25H. The van der Waals surface area contributed by atoms with E-state index in [1.54, 1.807) is 6.07 Å². The summed E-state index contributed by atoms with van der Waals surface area (Å²) in [6, 6.07) is 52.6. The summed E-state index contributed by atoms with van der Waals surface area (Å²) >= 11 is 3.64. The van der Waals surface area contributed by atoms with Crippen LogP contribution in [0.4, 0.5) is 4.39 Å². The molecule has 9 rings (SSSR count). The number of benzene rings is 7. The second-order valence-electron chi connectivity index (χ2n) is 11.5. The van der Waals surface area contributed by atoms with E-state index in [0.717, 1.165) is 33.4 Å². The highest BCUT2D eigenvalue weighted by Crippen LogP contribution is 2.39. The second kappa shape index (κ2) is 10.5. The van der Waals surface area contributed by atoms with Crippen molar-refractivity contribution < 1.29 is 4.39 Å². The number of halogens is 1. The third-order valence-electron chi connectivity index (χ3n) is 8.76. The predicted molar refractivity (Wildman–Crippen MR) is 194 cm³/mol. The van der Waals surface area contributed by atoms with Gasteiger partial charge in [0, 0.05) is 45.9 Å². The zero-order chi connectivity index (χ0) is 29.9. The normalized spacial score (nSPS) is 11.7. The minimum absolute atomic E-state index is 0.221. The molecule has 0 N–H and O–H groups in total. The van der Waals surface area contributed by atoms with Gasteiger partial charge in [0.15, 0.2) is 0 Å². The van der Waals surface area contributed by atoms with Crippen molar-refractivity contribution in [3.05, 3.63) is 157 Å². The molecular weight excluding hydrogens is 588 g/mol. The summed E-state index contributed by atoms with van der Waals surface area (Å²) in [6.45, 7) is 0. The lowest BCUT2D eigenvalue weighted by Gasteiger charge is -2.10. The molecule has 0 atom stereocenters. The van der Waals surface area contributed by atoms with Gasteiger partial charge in [-0.1, -0.05) is 109 Å². The lowest BCUT2D eigenvalue weighted by atomic mass is 9.95. The molecule has 0 nitrogen and oxygen atoms in total. The summed E-state index contributed by atoms with van der Waals surface area (Å²) in [7, 11) is 0. The Labute approximate surface area is 268 Å². The van der Waals surface area contributed by atoms with Crippen molar-refractivity contribution in [1.82, 2.24) is 0 Å². The van der Waals surface area contributed by atoms with E-state index in [1.807, 2.05) is 46.9 Å². The van der Waals surface area contributed by atoms with Gasteiger partial charge in [-0.3, -0.25) is 0 Å². The Bertz CT molecular complexity index is 2570. The van der Waals surface area contributed by atoms with Gasteiger partial charge in [-0.25, -0.2) is 4.39 Å². The smallest absolute Gasteiger partial charge is 0.131 e. The first-order chi connectivity index (χ1) is 22.2. The average Bonchev–Trinajstić information content (AvgIpc) is 3.66. The van der Waals surface area contributed by atoms with E-state index < -0.39 is 0 Å². The van der Waals surface area contributed by atoms with Crippen molar-refractivity contribution in [2.24, 2.45) is 0 Å². The third kappa shape index (κ3) is 4.55. The van der Waals surface area contributed by atoms with Gasteiger partial charge in [0.05, 0.1) is 0 Å². The average molecular weight is 613 g/mol. The van der Waals surface area contributed by atoms with Crippen LogP contribution >= 0.6 is 22.7 Å². The highest BCUT2D eigenvalue weighted by Gasteiger charge is 2.12. The fourth-order valence-electron chi connectivity index (χ4n) is 6.48. The van der Waals surface area contributed by atoms with Crippen LogP contribution in [-0.2, 0) is 0 Å². The van der Waals surface area contributed by atoms with Crippen LogP contribution < -0.4 is 0 Å². The molecule has 0 radical (unpaired) electrons. The molecule has 0 aliphatic carbocycles. The molecule has 2 heterocycles. The number of rotatable bonds is 4. The SMILES string of the molecule is Fc1cc(-c2cccc(-c3ccc4c(c3)sc3ccccc34)c2)ccc1-c1cccc(-c2ccc3c(c2)sc2ccccc23)c1. The molecule has 0 fully saturated rings. The van der Waals surface area contributed by atoms with Gasteiger partial charge in [-0.05, 0) is 81.4 Å². The summed E-state index contributed by atoms with van der Waals surface area (Å²) in [4.78, 5) is 0. The van der Waals surface area contributed by atoms with Crippen LogP contribution in [0.15, 0.2) is 152 Å². The second-order valence-corrected chi connectivity index (χ2v) is 13.6. The van der Waals surface area contributed by atoms with Crippen LogP contribution in [0.2, 0.25) is 0 Å². The van der Waals surface area contributed by atoms with E-state index >= 15 is 4.39 Å². The molecule has 0 unspecified atom stereocenters. The fraction of sp³-hybridized carbons (Fsp3) is 0. The Morgan fingerprint density at radius 1 is 0.311 bits per heavy atom. The summed E-state index contributed by atoms with van der Waals surface area (Å²) in [6.07, 6.45) is 0. The quantitative estimate of drug-likeness (QED) is 0.185. The van der Waals surface area contributed by atoms with Crippen molar-refractivity contribution in [3.8, 4) is 44.5 Å². The highest BCUT2D eigenvalue weighted by molar-refractivity contribution is 7.26. The van der Waals surface area contributed by atoms with Gasteiger partial charge >= 0.3 is 0 Å². The van der Waals surface area contributed by atoms with Crippen LogP contribution in [0, 0.1) is 5.82 Å². The number of hydrogen-bond donors (Lipinski definition) is 0. The minimum atomic E-state index is -0.221. The van der Waals surface area contributed by atoms with Crippen LogP contribution in [-0.4, -0.2) is 0 Å². The molecule has 0 aliphatic heterocycles. The molecule has 7 aromatic carbocycles. The maximum absolute atomic E-state index is 15.8. The monoisotopic (exact) mass is 612 g/mol. The molecule has 0 spiro atoms. The Balaban J connectivity index is 1.03. The molecule has 0 amide bonds. The van der Waals surface area contributed by atoms with E-state index in [9.17, 15) is 0 Å². The summed E-state index contributed by atoms with van der Waals surface area (Å²) in [5.74, 6) is -0.221. The number of fused-ring (bicyclic) bond motifs is 6. The van der Waals surface area contributed by atoms with Gasteiger partial charge < -0.3 is 0 Å². The maximum atomic E-state index is 15.8. The molecule has 3 heteroatoms. The predicted octanol–water partition coefficient (Wildman–Crippen LogP) is 13.2. The summed E-state index contributed by atoms with van der Waals surface area (Å²) in [5.41, 5.74) is 7.86. The van der Waals surface area contributed by atoms with Crippen molar-refractivity contribution in [2.75, 3.05) is 0 Å². The largest absolute Gasteiger partial charge is 0.206 e. The van der Waals surface area contributed by atoms with Crippen molar-refractivity contribution in [3.63, 3.8) is 0 Å². The maximum Gasteiger partial charge on any atom is 0.131 e. The van der Waals surface area contributed by atoms with E-state index in [2.05, 4.69) is 121 Å². The third-order valence-corrected chi connectivity index (χ3v) is 11.0. The number of thiophene rings is 2. The van der Waals surface area contributed by atoms with Gasteiger partial charge in [0.1, 0.15) is 5.82 Å². The molecule has 212 valence electrons. The lowest BCUT2D eigenvalue weighted by molar-refractivity contribution is 0.632. The van der Waals surface area contributed by atoms with E-state index in [1.165, 1.54) is 45.9 Å². The molecule has 9 aromatic rings. The van der Waals surface area contributed by atoms with Crippen LogP contribution in [0.25, 0.3) is 84.9 Å². The van der Waals surface area contributed by atoms with Gasteiger partial charge in [0.25, 0.3) is 0 Å². The molecule has 0 saturated heterocycles. The molecule has 0 saturated carbocycles. The Kier molecular flexibility index (Phi) is 6.15. The first kappa shape index (κ1) is 26.3. The molecule has 2 aromatic heterocycles. The summed E-state index contributed by atoms with van der Waals surface area (Å²) in [5, 5.41) is 5.17. The zero-order valence-corrected chi connectivity index (χ0v) is 25.8. The van der Waals surface area contributed by atoms with E-state index in [4.69, 9.17) is 0 Å². The fourth-order valence-corrected chi connectivity index (χ4v) is 8.77. The first-order valence-electron chi connectivity index (χ1n) is 15.0. The Morgan fingerprint density at radius 2 is 0.733 bits per heavy atom. The Morgan fingerprint density at radius 3 is 1.29 bits per heavy atom. The molecule has 0 bridgehead atoms. The van der Waals surface area contributed by atoms with Crippen LogP contribution in [0.1, 0.15) is 0 Å². The minimum Gasteiger partial charge on any atom is -0.206 e. The van der Waals surface area contributed by atoms with E-state index in [0.29, 0.717) is 5.56 Å². The van der Waals surface area contributed by atoms with Gasteiger partial charge in [-0.2, -0.15) is 0 Å². The first-order valence-corrected chi connectivity index (χ1v) is 16.7. The van der Waals surface area contributed by atoms with Crippen molar-refractivity contribution >= 4 is 63.0 Å². The van der Waals surface area contributed by atoms with Gasteiger partial charge in [-0.15, -0.1) is 22.7 Å². The zero-order valence-electron chi connectivity index (χ0n) is 24.1. The topological polar surface area (TPSA) is 0 Å². The van der Waals surface area contributed by atoms with Gasteiger partial charge in [0.2, 0.25) is 0 Å². The Hall–Kier alpha value is -5.09. The van der Waals surface area contributed by atoms with Crippen LogP contribution in [0.3, 0.4) is 0 Å². The molecule has 0 aliphatic rings. The molecule has 45 heavy (non-hydrogen) atoms. The van der Waals surface area contributed by atoms with E-state index in [-0.39, 0.29) is 5.82 Å². The van der Waals surface area contributed by atoms with Crippen molar-refractivity contribution in [2.45, 2.75) is 0 Å². The lowest BCUT2D eigenvalue weighted by Crippen LogP contribution is -1.88. The summed E-state index contributed by atoms with van der Waals surface area (Å²) < 4.78 is 20.9. The van der Waals surface area contributed by atoms with Crippen molar-refractivity contribution in [1.29, 1.82) is 0 Å². The number of hydrogen-bond acceptors (Lipinski definition) is 2. The van der Waals surface area contributed by atoms with Crippen LogP contribution in [0.5, 0.6) is 0 Å². The highest BCUT2D eigenvalue weighted by atomic mass is 32.1.